The van der Waals surface area contributed by atoms with Gasteiger partial charge in [-0.3, -0.25) is 0 Å². The van der Waals surface area contributed by atoms with Crippen molar-refractivity contribution in [1.82, 2.24) is 14.5 Å². The Kier molecular flexibility index (Phi) is 4.79. The van der Waals surface area contributed by atoms with E-state index in [4.69, 9.17) is 21.7 Å². The smallest absolute Gasteiger partial charge is 0.142 e. The first kappa shape index (κ1) is 17.6. The Hall–Kier alpha value is -1.80. The molecule has 0 amide bonds. The number of pyridine rings is 1. The average molecular weight is 390 g/mol. The highest BCUT2D eigenvalue weighted by Gasteiger charge is 2.27. The van der Waals surface area contributed by atoms with Crippen LogP contribution in [0.15, 0.2) is 36.5 Å². The first-order chi connectivity index (χ1) is 12.5. The number of para-hydroxylation sites is 2. The van der Waals surface area contributed by atoms with E-state index in [2.05, 4.69) is 9.88 Å². The molecule has 6 nitrogen and oxygen atoms in total. The quantitative estimate of drug-likeness (QED) is 0.696. The summed E-state index contributed by atoms with van der Waals surface area (Å²) in [5.41, 5.74) is 2.86. The van der Waals surface area contributed by atoms with Crippen LogP contribution in [0.25, 0.3) is 22.4 Å². The Balaban J connectivity index is 1.68. The number of aryl methyl sites for hydroxylation is 1. The summed E-state index contributed by atoms with van der Waals surface area (Å²) >= 11 is 5.19. The standard InChI is InChI=1S/C18H20ClN5OS/c1-23-16-5-3-2-4-15(16)22-18(23)13-10-17(21-11-14(13)19)24-8-6-12(7-9-24)26(20)25/h2-5,10-12H,6-9,20H2,1H3. The lowest BCUT2D eigenvalue weighted by Crippen LogP contribution is -2.41. The van der Waals surface area contributed by atoms with Crippen LogP contribution in [0.4, 0.5) is 5.82 Å². The van der Waals surface area contributed by atoms with Crippen LogP contribution in [-0.4, -0.2) is 37.4 Å². The van der Waals surface area contributed by atoms with Crippen molar-refractivity contribution in [2.45, 2.75) is 18.1 Å². The molecule has 0 spiro atoms. The number of benzene rings is 1. The van der Waals surface area contributed by atoms with E-state index in [0.717, 1.165) is 54.2 Å². The van der Waals surface area contributed by atoms with Crippen molar-refractivity contribution >= 4 is 39.8 Å². The molecule has 3 aromatic rings. The molecule has 0 aliphatic carbocycles. The molecule has 8 heteroatoms. The van der Waals surface area contributed by atoms with Gasteiger partial charge in [0.2, 0.25) is 0 Å². The molecule has 1 aliphatic rings. The van der Waals surface area contributed by atoms with Crippen LogP contribution < -0.4 is 10.0 Å². The third-order valence-electron chi connectivity index (χ3n) is 4.96. The summed E-state index contributed by atoms with van der Waals surface area (Å²) in [6.07, 6.45) is 3.28. The highest BCUT2D eigenvalue weighted by molar-refractivity contribution is 7.89. The van der Waals surface area contributed by atoms with Crippen LogP contribution in [0.1, 0.15) is 12.8 Å². The van der Waals surface area contributed by atoms with Gasteiger partial charge in [-0.2, -0.15) is 5.14 Å². The Morgan fingerprint density at radius 3 is 2.69 bits per heavy atom. The van der Waals surface area contributed by atoms with E-state index in [-0.39, 0.29) is 5.25 Å². The van der Waals surface area contributed by atoms with Gasteiger partial charge in [0, 0.05) is 56.1 Å². The normalized spacial score (nSPS) is 17.0. The molecule has 3 heterocycles. The van der Waals surface area contributed by atoms with E-state index in [1.807, 2.05) is 41.9 Å². The maximum atomic E-state index is 11.5. The van der Waals surface area contributed by atoms with Gasteiger partial charge in [-0.25, -0.2) is 9.97 Å². The molecule has 1 saturated heterocycles. The molecule has 1 aliphatic heterocycles. The number of aromatic nitrogens is 3. The Bertz CT molecular complexity index is 936. The molecule has 2 N–H and O–H groups in total. The lowest BCUT2D eigenvalue weighted by atomic mass is 10.1. The lowest BCUT2D eigenvalue weighted by Gasteiger charge is -2.32. The molecule has 136 valence electrons. The van der Waals surface area contributed by atoms with Crippen molar-refractivity contribution in [2.24, 2.45) is 12.2 Å². The van der Waals surface area contributed by atoms with E-state index in [0.29, 0.717) is 5.02 Å². The number of hydrogen-bond acceptors (Lipinski definition) is 5. The maximum Gasteiger partial charge on any atom is 0.142 e. The van der Waals surface area contributed by atoms with Crippen molar-refractivity contribution in [3.63, 3.8) is 0 Å². The van der Waals surface area contributed by atoms with Crippen molar-refractivity contribution < 1.29 is 4.55 Å². The number of rotatable bonds is 3. The number of nitrogens with two attached hydrogens (primary N) is 1. The molecule has 4 rings (SSSR count). The van der Waals surface area contributed by atoms with Crippen LogP contribution >= 0.6 is 11.6 Å². The predicted octanol–water partition coefficient (Wildman–Crippen LogP) is 2.88. The number of piperidine rings is 1. The third kappa shape index (κ3) is 3.16. The van der Waals surface area contributed by atoms with Crippen molar-refractivity contribution in [1.29, 1.82) is 0 Å². The zero-order valence-corrected chi connectivity index (χ0v) is 16.0. The van der Waals surface area contributed by atoms with Crippen LogP contribution in [0, 0.1) is 0 Å². The first-order valence-corrected chi connectivity index (χ1v) is 10.2. The number of nitrogens with zero attached hydrogens (tertiary/aromatic N) is 4. The highest BCUT2D eigenvalue weighted by atomic mass is 35.5. The topological polar surface area (TPSA) is 83.0 Å². The number of anilines is 1. The largest absolute Gasteiger partial charge is 0.598 e. The SMILES string of the molecule is Cn1c(-c2cc(N3CCC([S+](N)[O-])CC3)ncc2Cl)nc2ccccc21. The Morgan fingerprint density at radius 2 is 2.00 bits per heavy atom. The second-order valence-corrected chi connectivity index (χ2v) is 8.25. The molecule has 1 aromatic carbocycles. The zero-order chi connectivity index (χ0) is 18.3. The fraction of sp³-hybridized carbons (Fsp3) is 0.333. The summed E-state index contributed by atoms with van der Waals surface area (Å²) in [5.74, 6) is 1.68. The van der Waals surface area contributed by atoms with E-state index in [1.165, 1.54) is 0 Å². The molecule has 2 aromatic heterocycles. The fourth-order valence-corrected chi connectivity index (χ4v) is 4.34. The second kappa shape index (κ2) is 7.08. The summed E-state index contributed by atoms with van der Waals surface area (Å²) < 4.78 is 13.5. The number of imidazole rings is 1. The van der Waals surface area contributed by atoms with Crippen LogP contribution in [-0.2, 0) is 18.4 Å². The minimum Gasteiger partial charge on any atom is -0.598 e. The summed E-state index contributed by atoms with van der Waals surface area (Å²) in [5, 5.41) is 6.18. The Morgan fingerprint density at radius 1 is 1.27 bits per heavy atom. The second-order valence-electron chi connectivity index (χ2n) is 6.52. The molecule has 26 heavy (non-hydrogen) atoms. The van der Waals surface area contributed by atoms with Crippen LogP contribution in [0.3, 0.4) is 0 Å². The molecule has 0 saturated carbocycles. The molecule has 1 atom stereocenters. The van der Waals surface area contributed by atoms with Crippen molar-refractivity contribution in [3.8, 4) is 11.4 Å². The minimum absolute atomic E-state index is 0.0675. The fourth-order valence-electron chi connectivity index (χ4n) is 3.48. The lowest BCUT2D eigenvalue weighted by molar-refractivity contribution is 0.528. The average Bonchev–Trinajstić information content (AvgIpc) is 2.99. The zero-order valence-electron chi connectivity index (χ0n) is 14.4. The maximum absolute atomic E-state index is 11.5. The summed E-state index contributed by atoms with van der Waals surface area (Å²) in [7, 11) is 1.99. The Labute approximate surface area is 160 Å². The van der Waals surface area contributed by atoms with E-state index in [9.17, 15) is 4.55 Å². The number of hydrogen-bond donors (Lipinski definition) is 1. The number of halogens is 1. The molecule has 1 fully saturated rings. The van der Waals surface area contributed by atoms with Crippen molar-refractivity contribution in [3.05, 3.63) is 41.6 Å². The molecular weight excluding hydrogens is 370 g/mol. The van der Waals surface area contributed by atoms with E-state index >= 15 is 0 Å². The van der Waals surface area contributed by atoms with Gasteiger partial charge in [0.25, 0.3) is 0 Å². The van der Waals surface area contributed by atoms with Crippen LogP contribution in [0.5, 0.6) is 0 Å². The predicted molar refractivity (Wildman–Crippen MR) is 107 cm³/mol. The van der Waals surface area contributed by atoms with Gasteiger partial charge >= 0.3 is 0 Å². The number of fused-ring (bicyclic) bond motifs is 1. The van der Waals surface area contributed by atoms with E-state index < -0.39 is 11.4 Å². The molecule has 0 radical (unpaired) electrons. The summed E-state index contributed by atoms with van der Waals surface area (Å²) in [6, 6.07) is 10.00. The van der Waals surface area contributed by atoms with Crippen LogP contribution in [0.2, 0.25) is 5.02 Å². The van der Waals surface area contributed by atoms with Crippen molar-refractivity contribution in [2.75, 3.05) is 18.0 Å². The van der Waals surface area contributed by atoms with Gasteiger partial charge in [-0.15, -0.1) is 0 Å². The third-order valence-corrected chi connectivity index (χ3v) is 6.39. The van der Waals surface area contributed by atoms with Gasteiger partial charge in [-0.05, 0) is 18.2 Å². The van der Waals surface area contributed by atoms with Gasteiger partial charge < -0.3 is 14.0 Å². The van der Waals surface area contributed by atoms with Gasteiger partial charge in [-0.1, -0.05) is 23.7 Å². The van der Waals surface area contributed by atoms with E-state index in [1.54, 1.807) is 6.20 Å². The van der Waals surface area contributed by atoms with Gasteiger partial charge in [0.15, 0.2) is 0 Å². The van der Waals surface area contributed by atoms with Gasteiger partial charge in [0.1, 0.15) is 16.9 Å². The monoisotopic (exact) mass is 389 g/mol. The first-order valence-electron chi connectivity index (χ1n) is 8.52. The van der Waals surface area contributed by atoms with Gasteiger partial charge in [0.05, 0.1) is 16.1 Å². The summed E-state index contributed by atoms with van der Waals surface area (Å²) in [4.78, 5) is 11.4. The molecular formula is C18H20ClN5OS. The minimum atomic E-state index is -1.25. The molecule has 1 unspecified atom stereocenters. The molecule has 0 bridgehead atoms. The highest BCUT2D eigenvalue weighted by Crippen LogP contribution is 2.32. The summed E-state index contributed by atoms with van der Waals surface area (Å²) in [6.45, 7) is 1.56.